The second kappa shape index (κ2) is 4.43. The van der Waals surface area contributed by atoms with Crippen LogP contribution in [-0.2, 0) is 11.8 Å². The maximum Gasteiger partial charge on any atom is 0.416 e. The largest absolute Gasteiger partial charge is 0.416 e. The zero-order valence-electron chi connectivity index (χ0n) is 10.7. The zero-order valence-corrected chi connectivity index (χ0v) is 10.7. The van der Waals surface area contributed by atoms with Gasteiger partial charge in [-0.15, -0.1) is 0 Å². The second-order valence-corrected chi connectivity index (χ2v) is 5.80. The van der Waals surface area contributed by atoms with E-state index in [1.165, 1.54) is 0 Å². The van der Waals surface area contributed by atoms with E-state index in [-0.39, 0.29) is 17.6 Å². The molecule has 2 aliphatic heterocycles. The van der Waals surface area contributed by atoms with Gasteiger partial charge in [0.1, 0.15) is 5.82 Å². The SMILES string of the molecule is OC1(c2cc(F)cc(C(F)(F)F)c2)CC2CCC(C1)N2. The average molecular weight is 289 g/mol. The Kier molecular flexibility index (Phi) is 3.06. The van der Waals surface area contributed by atoms with Gasteiger partial charge in [0.25, 0.3) is 0 Å². The molecule has 0 aliphatic carbocycles. The van der Waals surface area contributed by atoms with Crippen LogP contribution in [-0.4, -0.2) is 17.2 Å². The fraction of sp³-hybridized carbons (Fsp3) is 0.571. The number of aliphatic hydroxyl groups is 1. The van der Waals surface area contributed by atoms with Crippen LogP contribution in [0.3, 0.4) is 0 Å². The van der Waals surface area contributed by atoms with E-state index in [9.17, 15) is 22.7 Å². The normalized spacial score (nSPS) is 33.5. The van der Waals surface area contributed by atoms with Crippen molar-refractivity contribution in [3.8, 4) is 0 Å². The Balaban J connectivity index is 1.99. The Morgan fingerprint density at radius 1 is 1.10 bits per heavy atom. The lowest BCUT2D eigenvalue weighted by Crippen LogP contribution is -2.46. The maximum atomic E-state index is 13.5. The Morgan fingerprint density at radius 2 is 1.70 bits per heavy atom. The van der Waals surface area contributed by atoms with Crippen LogP contribution in [0.1, 0.15) is 36.8 Å². The second-order valence-electron chi connectivity index (χ2n) is 5.80. The number of piperidine rings is 1. The van der Waals surface area contributed by atoms with Crippen molar-refractivity contribution in [1.82, 2.24) is 5.32 Å². The molecule has 110 valence electrons. The van der Waals surface area contributed by atoms with Gasteiger partial charge in [0, 0.05) is 12.1 Å². The predicted molar refractivity (Wildman–Crippen MR) is 64.5 cm³/mol. The lowest BCUT2D eigenvalue weighted by Gasteiger charge is -2.37. The smallest absolute Gasteiger partial charge is 0.385 e. The monoisotopic (exact) mass is 289 g/mol. The summed E-state index contributed by atoms with van der Waals surface area (Å²) in [6.45, 7) is 0. The van der Waals surface area contributed by atoms with Crippen molar-refractivity contribution in [2.24, 2.45) is 0 Å². The Labute approximate surface area is 113 Å². The van der Waals surface area contributed by atoms with Crippen molar-refractivity contribution in [3.05, 3.63) is 35.1 Å². The molecule has 2 saturated heterocycles. The van der Waals surface area contributed by atoms with E-state index in [4.69, 9.17) is 0 Å². The first-order valence-corrected chi connectivity index (χ1v) is 6.63. The molecular weight excluding hydrogens is 274 g/mol. The third kappa shape index (κ3) is 2.42. The van der Waals surface area contributed by atoms with E-state index in [1.807, 2.05) is 0 Å². The molecule has 2 fully saturated rings. The molecule has 0 aromatic heterocycles. The van der Waals surface area contributed by atoms with E-state index >= 15 is 0 Å². The van der Waals surface area contributed by atoms with Gasteiger partial charge in [-0.1, -0.05) is 0 Å². The highest BCUT2D eigenvalue weighted by molar-refractivity contribution is 5.32. The summed E-state index contributed by atoms with van der Waals surface area (Å²) in [6, 6.07) is 2.53. The number of fused-ring (bicyclic) bond motifs is 2. The van der Waals surface area contributed by atoms with E-state index < -0.39 is 23.2 Å². The van der Waals surface area contributed by atoms with E-state index in [1.54, 1.807) is 0 Å². The molecule has 1 aromatic rings. The lowest BCUT2D eigenvalue weighted by molar-refractivity contribution is -0.138. The van der Waals surface area contributed by atoms with Crippen LogP contribution >= 0.6 is 0 Å². The molecule has 6 heteroatoms. The summed E-state index contributed by atoms with van der Waals surface area (Å²) >= 11 is 0. The molecule has 2 aliphatic rings. The number of halogens is 4. The first kappa shape index (κ1) is 13.8. The molecule has 2 N–H and O–H groups in total. The molecule has 2 atom stereocenters. The van der Waals surface area contributed by atoms with E-state index in [0.29, 0.717) is 18.9 Å². The van der Waals surface area contributed by atoms with Gasteiger partial charge in [0.2, 0.25) is 0 Å². The maximum absolute atomic E-state index is 13.5. The summed E-state index contributed by atoms with van der Waals surface area (Å²) in [4.78, 5) is 0. The molecule has 0 saturated carbocycles. The van der Waals surface area contributed by atoms with Crippen molar-refractivity contribution in [1.29, 1.82) is 0 Å². The Bertz CT molecular complexity index is 516. The summed E-state index contributed by atoms with van der Waals surface area (Å²) < 4.78 is 51.7. The van der Waals surface area contributed by atoms with Crippen LogP contribution in [0.5, 0.6) is 0 Å². The van der Waals surface area contributed by atoms with Gasteiger partial charge >= 0.3 is 6.18 Å². The number of nitrogens with one attached hydrogen (secondary N) is 1. The molecule has 2 unspecified atom stereocenters. The molecule has 2 heterocycles. The summed E-state index contributed by atoms with van der Waals surface area (Å²) in [7, 11) is 0. The number of hydrogen-bond donors (Lipinski definition) is 2. The Morgan fingerprint density at radius 3 is 2.25 bits per heavy atom. The van der Waals surface area contributed by atoms with Gasteiger partial charge in [-0.3, -0.25) is 0 Å². The molecule has 1 aromatic carbocycles. The minimum atomic E-state index is -4.61. The Hall–Kier alpha value is -1.14. The highest BCUT2D eigenvalue weighted by Crippen LogP contribution is 2.42. The van der Waals surface area contributed by atoms with Gasteiger partial charge in [-0.2, -0.15) is 13.2 Å². The number of benzene rings is 1. The molecule has 20 heavy (non-hydrogen) atoms. The molecule has 0 radical (unpaired) electrons. The molecule has 3 rings (SSSR count). The number of hydrogen-bond acceptors (Lipinski definition) is 2. The molecule has 0 spiro atoms. The molecule has 2 nitrogen and oxygen atoms in total. The van der Waals surface area contributed by atoms with Crippen LogP contribution in [0.15, 0.2) is 18.2 Å². The standard InChI is InChI=1S/C14H15F4NO/c15-10-4-8(3-9(5-10)14(16,17)18)13(20)6-11-1-2-12(7-13)19-11/h3-5,11-12,19-20H,1-2,6-7H2. The summed E-state index contributed by atoms with van der Waals surface area (Å²) in [5.41, 5.74) is -2.39. The predicted octanol–water partition coefficient (Wildman–Crippen LogP) is 2.95. The zero-order chi connectivity index (χ0) is 14.5. The average Bonchev–Trinajstić information content (AvgIpc) is 2.67. The van der Waals surface area contributed by atoms with Crippen LogP contribution in [0.2, 0.25) is 0 Å². The van der Waals surface area contributed by atoms with Crippen molar-refractivity contribution >= 4 is 0 Å². The molecular formula is C14H15F4NO. The lowest BCUT2D eigenvalue weighted by atomic mass is 9.81. The van der Waals surface area contributed by atoms with Crippen LogP contribution in [0, 0.1) is 5.82 Å². The summed E-state index contributed by atoms with van der Waals surface area (Å²) in [6.07, 6.45) is -2.17. The van der Waals surface area contributed by atoms with Crippen molar-refractivity contribution in [3.63, 3.8) is 0 Å². The third-order valence-electron chi connectivity index (χ3n) is 4.27. The summed E-state index contributed by atoms with van der Waals surface area (Å²) in [5, 5.41) is 14.0. The highest BCUT2D eigenvalue weighted by Gasteiger charge is 2.44. The highest BCUT2D eigenvalue weighted by atomic mass is 19.4. The number of alkyl halides is 3. The topological polar surface area (TPSA) is 32.3 Å². The van der Waals surface area contributed by atoms with Crippen LogP contribution in [0.4, 0.5) is 17.6 Å². The summed E-state index contributed by atoms with van der Waals surface area (Å²) in [5.74, 6) is -0.964. The fourth-order valence-electron chi connectivity index (χ4n) is 3.38. The first-order valence-electron chi connectivity index (χ1n) is 6.63. The van der Waals surface area contributed by atoms with Crippen molar-refractivity contribution in [2.75, 3.05) is 0 Å². The van der Waals surface area contributed by atoms with Crippen LogP contribution < -0.4 is 5.32 Å². The van der Waals surface area contributed by atoms with E-state index in [0.717, 1.165) is 25.0 Å². The van der Waals surface area contributed by atoms with Gasteiger partial charge in [-0.25, -0.2) is 4.39 Å². The number of rotatable bonds is 1. The van der Waals surface area contributed by atoms with Gasteiger partial charge < -0.3 is 10.4 Å². The quantitative estimate of drug-likeness (QED) is 0.779. The fourth-order valence-corrected chi connectivity index (χ4v) is 3.38. The molecule has 2 bridgehead atoms. The van der Waals surface area contributed by atoms with Gasteiger partial charge in [0.15, 0.2) is 0 Å². The minimum Gasteiger partial charge on any atom is -0.385 e. The van der Waals surface area contributed by atoms with E-state index in [2.05, 4.69) is 5.32 Å². The van der Waals surface area contributed by atoms with Crippen LogP contribution in [0.25, 0.3) is 0 Å². The van der Waals surface area contributed by atoms with Gasteiger partial charge in [0.05, 0.1) is 11.2 Å². The molecule has 0 amide bonds. The van der Waals surface area contributed by atoms with Gasteiger partial charge in [-0.05, 0) is 49.4 Å². The van der Waals surface area contributed by atoms with Crippen molar-refractivity contribution in [2.45, 2.75) is 49.5 Å². The first-order chi connectivity index (χ1) is 9.26. The van der Waals surface area contributed by atoms with Crippen molar-refractivity contribution < 1.29 is 22.7 Å². The third-order valence-corrected chi connectivity index (χ3v) is 4.27. The minimum absolute atomic E-state index is 0.0308.